The van der Waals surface area contributed by atoms with Crippen molar-refractivity contribution in [2.75, 3.05) is 7.11 Å². The van der Waals surface area contributed by atoms with Gasteiger partial charge in [0.2, 0.25) is 0 Å². The summed E-state index contributed by atoms with van der Waals surface area (Å²) in [6, 6.07) is 2.64. The fourth-order valence-electron chi connectivity index (χ4n) is 3.74. The lowest BCUT2D eigenvalue weighted by Gasteiger charge is -2.72. The van der Waals surface area contributed by atoms with E-state index in [4.69, 9.17) is 33.7 Å². The van der Waals surface area contributed by atoms with E-state index in [2.05, 4.69) is 0 Å². The Morgan fingerprint density at radius 3 is 2.30 bits per heavy atom. The molecule has 0 radical (unpaired) electrons. The van der Waals surface area contributed by atoms with Gasteiger partial charge in [0, 0.05) is 0 Å². The number of hydrogen-bond acceptors (Lipinski definition) is 3. The minimum absolute atomic E-state index is 0.0311. The number of hydrogen-bond donors (Lipinski definition) is 1. The zero-order chi connectivity index (χ0) is 14.7. The molecule has 0 heterocycles. The Morgan fingerprint density at radius 2 is 1.85 bits per heavy atom. The van der Waals surface area contributed by atoms with Crippen LogP contribution in [0.2, 0.25) is 10.0 Å². The van der Waals surface area contributed by atoms with Gasteiger partial charge in [-0.3, -0.25) is 4.79 Å². The summed E-state index contributed by atoms with van der Waals surface area (Å²) < 4.78 is 18.1. The third-order valence-electron chi connectivity index (χ3n) is 4.78. The third-order valence-corrected chi connectivity index (χ3v) is 5.33. The van der Waals surface area contributed by atoms with Gasteiger partial charge in [-0.25, -0.2) is 4.39 Å². The monoisotopic (exact) mass is 317 g/mol. The van der Waals surface area contributed by atoms with Crippen LogP contribution < -0.4 is 5.73 Å². The maximum absolute atomic E-state index is 13.4. The van der Waals surface area contributed by atoms with Gasteiger partial charge in [0.15, 0.2) is 5.82 Å². The lowest BCUT2D eigenvalue weighted by molar-refractivity contribution is -0.181. The highest BCUT2D eigenvalue weighted by atomic mass is 35.5. The van der Waals surface area contributed by atoms with Gasteiger partial charge in [0.05, 0.1) is 17.2 Å². The summed E-state index contributed by atoms with van der Waals surface area (Å²) in [5, 5.41) is 0.0621. The molecular weight excluding hydrogens is 304 g/mol. The van der Waals surface area contributed by atoms with Gasteiger partial charge in [-0.1, -0.05) is 23.2 Å². The molecule has 0 saturated heterocycles. The predicted octanol–water partition coefficient (Wildman–Crippen LogP) is 3.05. The molecule has 0 aromatic heterocycles. The first-order chi connectivity index (χ1) is 9.33. The minimum atomic E-state index is -0.597. The van der Waals surface area contributed by atoms with Crippen molar-refractivity contribution in [1.29, 1.82) is 0 Å². The molecule has 3 nitrogen and oxygen atoms in total. The van der Waals surface area contributed by atoms with Crippen molar-refractivity contribution in [3.8, 4) is 0 Å². The Labute approximate surface area is 126 Å². The molecule has 0 amide bonds. The van der Waals surface area contributed by atoms with E-state index in [1.807, 2.05) is 0 Å². The van der Waals surface area contributed by atoms with E-state index in [0.717, 1.165) is 24.8 Å². The van der Waals surface area contributed by atoms with Crippen molar-refractivity contribution < 1.29 is 13.9 Å². The Balaban J connectivity index is 1.80. The van der Waals surface area contributed by atoms with Crippen LogP contribution >= 0.6 is 23.2 Å². The van der Waals surface area contributed by atoms with Crippen LogP contribution in [-0.4, -0.2) is 19.1 Å². The molecule has 3 fully saturated rings. The topological polar surface area (TPSA) is 52.3 Å². The van der Waals surface area contributed by atoms with E-state index in [1.54, 1.807) is 12.1 Å². The van der Waals surface area contributed by atoms with Gasteiger partial charge in [-0.15, -0.1) is 0 Å². The maximum Gasteiger partial charge on any atom is 0.323 e. The smallest absolute Gasteiger partial charge is 0.323 e. The first kappa shape index (κ1) is 14.1. The highest BCUT2D eigenvalue weighted by Gasteiger charge is 2.71. The molecule has 2 bridgehead atoms. The van der Waals surface area contributed by atoms with Gasteiger partial charge < -0.3 is 10.5 Å². The van der Waals surface area contributed by atoms with Gasteiger partial charge in [-0.05, 0) is 47.8 Å². The first-order valence-corrected chi connectivity index (χ1v) is 7.08. The fourth-order valence-corrected chi connectivity index (χ4v) is 4.23. The molecule has 108 valence electrons. The number of nitrogens with two attached hydrogens (primary N) is 1. The number of ether oxygens (including phenoxy) is 1. The van der Waals surface area contributed by atoms with Crippen molar-refractivity contribution in [3.63, 3.8) is 0 Å². The maximum atomic E-state index is 13.4. The molecule has 0 aliphatic heterocycles. The lowest BCUT2D eigenvalue weighted by Crippen LogP contribution is -2.72. The molecule has 1 aromatic carbocycles. The van der Waals surface area contributed by atoms with Crippen LogP contribution in [0.5, 0.6) is 0 Å². The van der Waals surface area contributed by atoms with Gasteiger partial charge in [0.25, 0.3) is 0 Å². The van der Waals surface area contributed by atoms with E-state index in [1.165, 1.54) is 7.11 Å². The van der Waals surface area contributed by atoms with Crippen LogP contribution in [0.3, 0.4) is 0 Å². The largest absolute Gasteiger partial charge is 0.468 e. The highest BCUT2D eigenvalue weighted by Crippen LogP contribution is 2.74. The Bertz CT molecular complexity index is 562. The summed E-state index contributed by atoms with van der Waals surface area (Å²) in [5.41, 5.74) is 6.62. The Morgan fingerprint density at radius 1 is 1.35 bits per heavy atom. The number of carbonyl (C=O) groups excluding carboxylic acids is 1. The molecule has 1 unspecified atom stereocenters. The van der Waals surface area contributed by atoms with Gasteiger partial charge in [-0.2, -0.15) is 0 Å². The quantitative estimate of drug-likeness (QED) is 0.688. The second-order valence-corrected chi connectivity index (χ2v) is 6.74. The summed E-state index contributed by atoms with van der Waals surface area (Å²) in [6.07, 6.45) is 2.36. The summed E-state index contributed by atoms with van der Waals surface area (Å²) in [6.45, 7) is 0. The number of carbonyl (C=O) groups is 1. The van der Waals surface area contributed by atoms with Crippen LogP contribution in [0, 0.1) is 11.2 Å². The standard InChI is InChI=1S/C14H14Cl2FNO2/c1-20-12(19)11(18)14-4-13(5-14,6-14)7-2-8(15)10(17)9(16)3-7/h2-3,11H,4-6,18H2,1H3. The summed E-state index contributed by atoms with van der Waals surface area (Å²) >= 11 is 11.7. The molecule has 1 atom stereocenters. The number of esters is 1. The number of methoxy groups -OCH3 is 1. The molecule has 2 N–H and O–H groups in total. The van der Waals surface area contributed by atoms with Gasteiger partial charge in [0.1, 0.15) is 6.04 Å². The summed E-state index contributed by atoms with van der Waals surface area (Å²) in [5.74, 6) is -0.974. The SMILES string of the molecule is COC(=O)C(N)C12CC(c3cc(Cl)c(F)c(Cl)c3)(C1)C2. The van der Waals surface area contributed by atoms with Crippen LogP contribution in [0.4, 0.5) is 4.39 Å². The van der Waals surface area contributed by atoms with Crippen LogP contribution in [-0.2, 0) is 14.9 Å². The van der Waals surface area contributed by atoms with Crippen molar-refractivity contribution in [2.24, 2.45) is 11.1 Å². The van der Waals surface area contributed by atoms with E-state index < -0.39 is 11.9 Å². The predicted molar refractivity (Wildman–Crippen MR) is 74.4 cm³/mol. The van der Waals surface area contributed by atoms with Crippen molar-refractivity contribution in [1.82, 2.24) is 0 Å². The zero-order valence-electron chi connectivity index (χ0n) is 10.9. The highest BCUT2D eigenvalue weighted by molar-refractivity contribution is 6.35. The molecule has 20 heavy (non-hydrogen) atoms. The number of rotatable bonds is 3. The second-order valence-electron chi connectivity index (χ2n) is 5.93. The molecule has 3 aliphatic carbocycles. The first-order valence-electron chi connectivity index (χ1n) is 6.32. The third kappa shape index (κ3) is 1.71. The van der Waals surface area contributed by atoms with E-state index in [0.29, 0.717) is 0 Å². The average molecular weight is 318 g/mol. The fraction of sp³-hybridized carbons (Fsp3) is 0.500. The number of benzene rings is 1. The molecular formula is C14H14Cl2FNO2. The van der Waals surface area contributed by atoms with Crippen LogP contribution in [0.25, 0.3) is 0 Å². The molecule has 4 rings (SSSR count). The van der Waals surface area contributed by atoms with Gasteiger partial charge >= 0.3 is 5.97 Å². The number of halogens is 3. The molecule has 6 heteroatoms. The van der Waals surface area contributed by atoms with Crippen LogP contribution in [0.1, 0.15) is 24.8 Å². The normalized spacial score (nSPS) is 32.0. The molecule has 3 saturated carbocycles. The van der Waals surface area contributed by atoms with Crippen LogP contribution in [0.15, 0.2) is 12.1 Å². The average Bonchev–Trinajstić information content (AvgIpc) is 2.31. The zero-order valence-corrected chi connectivity index (χ0v) is 12.4. The molecule has 0 spiro atoms. The van der Waals surface area contributed by atoms with Crippen molar-refractivity contribution in [3.05, 3.63) is 33.6 Å². The Hall–Kier alpha value is -0.840. The van der Waals surface area contributed by atoms with Crippen molar-refractivity contribution in [2.45, 2.75) is 30.7 Å². The summed E-state index contributed by atoms with van der Waals surface area (Å²) in [7, 11) is 1.34. The van der Waals surface area contributed by atoms with E-state index >= 15 is 0 Å². The van der Waals surface area contributed by atoms with Crippen molar-refractivity contribution >= 4 is 29.2 Å². The molecule has 1 aromatic rings. The Kier molecular flexibility index (Phi) is 3.05. The van der Waals surface area contributed by atoms with E-state index in [-0.39, 0.29) is 26.8 Å². The molecule has 3 aliphatic rings. The minimum Gasteiger partial charge on any atom is -0.468 e. The summed E-state index contributed by atoms with van der Waals surface area (Å²) in [4.78, 5) is 11.5. The lowest BCUT2D eigenvalue weighted by atomic mass is 9.31. The van der Waals surface area contributed by atoms with E-state index in [9.17, 15) is 9.18 Å². The second kappa shape index (κ2) is 4.33.